The molecule has 0 N–H and O–H groups in total. The number of benzene rings is 11. The number of anilines is 3. The largest absolute Gasteiger partial charge is 0.310 e. The van der Waals surface area contributed by atoms with Crippen LogP contribution in [0, 0.1) is 22.7 Å². The molecule has 13 aromatic rings. The van der Waals surface area contributed by atoms with Gasteiger partial charge in [-0.15, -0.1) is 0 Å². The molecule has 0 radical (unpaired) electrons. The molecular formula is C68H40BN5. The summed E-state index contributed by atoms with van der Waals surface area (Å²) in [7, 11) is 0. The Hall–Kier alpha value is -10.1. The molecule has 0 aliphatic carbocycles. The van der Waals surface area contributed by atoms with E-state index >= 15 is 0 Å². The van der Waals surface area contributed by atoms with Gasteiger partial charge >= 0.3 is 0 Å². The third-order valence-electron chi connectivity index (χ3n) is 15.6. The van der Waals surface area contributed by atoms with E-state index in [1.807, 2.05) is 18.2 Å². The van der Waals surface area contributed by atoms with Gasteiger partial charge in [0.15, 0.2) is 0 Å². The van der Waals surface area contributed by atoms with Gasteiger partial charge in [0.25, 0.3) is 6.71 Å². The second-order valence-electron chi connectivity index (χ2n) is 19.4. The molecule has 0 amide bonds. The summed E-state index contributed by atoms with van der Waals surface area (Å²) in [6.07, 6.45) is 0. The normalized spacial score (nSPS) is 12.2. The SMILES string of the molecule is N#Cc1c2c3c(c(C#N)c1-n1c4ccc(-c5cccc(-c6ccccc6)c5)cc4c4cc(-c5cccc(-c6ccccc6)c5)ccc41)-n1c4ccccc4c4cccc(c41)B3c1ccccc1N2c1ccccc1. The van der Waals surface area contributed by atoms with Crippen molar-refractivity contribution in [2.24, 2.45) is 0 Å². The number of nitriles is 2. The fraction of sp³-hybridized carbons (Fsp3) is 0. The summed E-state index contributed by atoms with van der Waals surface area (Å²) in [5.41, 5.74) is 21.0. The fourth-order valence-corrected chi connectivity index (χ4v) is 12.4. The van der Waals surface area contributed by atoms with Crippen LogP contribution in [0.1, 0.15) is 11.1 Å². The summed E-state index contributed by atoms with van der Waals surface area (Å²) in [6, 6.07) is 91.6. The van der Waals surface area contributed by atoms with Crippen molar-refractivity contribution in [3.05, 3.63) is 254 Å². The van der Waals surface area contributed by atoms with Gasteiger partial charge in [0, 0.05) is 38.4 Å². The van der Waals surface area contributed by atoms with Crippen molar-refractivity contribution in [2.75, 3.05) is 4.90 Å². The molecule has 0 spiro atoms. The third kappa shape index (κ3) is 5.97. The molecule has 6 heteroatoms. The maximum Gasteiger partial charge on any atom is 0.252 e. The predicted molar refractivity (Wildman–Crippen MR) is 306 cm³/mol. The van der Waals surface area contributed by atoms with Gasteiger partial charge in [-0.1, -0.05) is 182 Å². The van der Waals surface area contributed by atoms with E-state index in [-0.39, 0.29) is 6.71 Å². The summed E-state index contributed by atoms with van der Waals surface area (Å²) >= 11 is 0. The average molecular weight is 938 g/mol. The zero-order valence-electron chi connectivity index (χ0n) is 39.9. The second-order valence-corrected chi connectivity index (χ2v) is 19.4. The summed E-state index contributed by atoms with van der Waals surface area (Å²) in [6.45, 7) is -0.258. The lowest BCUT2D eigenvalue weighted by molar-refractivity contribution is 1.10. The first kappa shape index (κ1) is 41.6. The molecule has 5 nitrogen and oxygen atoms in total. The van der Waals surface area contributed by atoms with Crippen molar-refractivity contribution < 1.29 is 0 Å². The Kier molecular flexibility index (Phi) is 9.11. The van der Waals surface area contributed by atoms with Gasteiger partial charge in [0.2, 0.25) is 0 Å². The first-order chi connectivity index (χ1) is 36.7. The summed E-state index contributed by atoms with van der Waals surface area (Å²) in [4.78, 5) is 2.27. The van der Waals surface area contributed by atoms with Crippen molar-refractivity contribution in [2.45, 2.75) is 0 Å². The van der Waals surface area contributed by atoms with E-state index in [0.29, 0.717) is 16.8 Å². The highest BCUT2D eigenvalue weighted by atomic mass is 15.2. The topological polar surface area (TPSA) is 60.7 Å². The van der Waals surface area contributed by atoms with Gasteiger partial charge in [0.05, 0.1) is 33.6 Å². The van der Waals surface area contributed by atoms with Crippen LogP contribution in [-0.4, -0.2) is 15.8 Å². The zero-order valence-corrected chi connectivity index (χ0v) is 39.9. The van der Waals surface area contributed by atoms with Gasteiger partial charge in [-0.3, -0.25) is 0 Å². The van der Waals surface area contributed by atoms with Crippen LogP contribution in [0.5, 0.6) is 0 Å². The molecule has 0 saturated carbocycles. The van der Waals surface area contributed by atoms with Crippen LogP contribution < -0.4 is 21.3 Å². The van der Waals surface area contributed by atoms with E-state index in [0.717, 1.165) is 127 Å². The Bertz CT molecular complexity index is 4440. The van der Waals surface area contributed by atoms with Crippen LogP contribution in [-0.2, 0) is 0 Å². The predicted octanol–water partition coefficient (Wildman–Crippen LogP) is 14.9. The van der Waals surface area contributed by atoms with Gasteiger partial charge < -0.3 is 14.0 Å². The van der Waals surface area contributed by atoms with Gasteiger partial charge in [0.1, 0.15) is 23.3 Å². The lowest BCUT2D eigenvalue weighted by Gasteiger charge is -2.41. The van der Waals surface area contributed by atoms with E-state index in [2.05, 4.69) is 251 Å². The van der Waals surface area contributed by atoms with Crippen LogP contribution >= 0.6 is 0 Å². The van der Waals surface area contributed by atoms with Crippen molar-refractivity contribution in [3.63, 3.8) is 0 Å². The third-order valence-corrected chi connectivity index (χ3v) is 15.6. The number of hydrogen-bond acceptors (Lipinski definition) is 3. The van der Waals surface area contributed by atoms with Gasteiger partial charge in [-0.05, 0) is 122 Å². The van der Waals surface area contributed by atoms with Gasteiger partial charge in [-0.25, -0.2) is 0 Å². The minimum absolute atomic E-state index is 0.258. The van der Waals surface area contributed by atoms with Crippen LogP contribution in [0.4, 0.5) is 17.1 Å². The number of para-hydroxylation sites is 4. The molecule has 2 aliphatic heterocycles. The van der Waals surface area contributed by atoms with Gasteiger partial charge in [-0.2, -0.15) is 10.5 Å². The molecule has 74 heavy (non-hydrogen) atoms. The van der Waals surface area contributed by atoms with Crippen LogP contribution in [0.2, 0.25) is 0 Å². The Morgan fingerprint density at radius 1 is 0.324 bits per heavy atom. The second kappa shape index (κ2) is 16.2. The molecule has 4 heterocycles. The van der Waals surface area contributed by atoms with E-state index < -0.39 is 0 Å². The van der Waals surface area contributed by atoms with E-state index in [1.54, 1.807) is 0 Å². The van der Waals surface area contributed by atoms with Crippen molar-refractivity contribution >= 4 is 83.8 Å². The van der Waals surface area contributed by atoms with Crippen molar-refractivity contribution in [1.82, 2.24) is 9.13 Å². The standard InChI is InChI=1S/C68H40BN5/c70-41-56-65(57(42-71)68-64-67(56)72(51-25-8-3-9-26-51)63-32-13-11-29-58(63)69(64)59-30-16-28-53-52-27-10-12-31-60(52)74(68)66(53)59)73-61-35-33-49(47-23-14-21-45(37-47)43-17-4-1-5-18-43)39-54(61)55-40-50(34-36-62(55)73)48-24-15-22-46(38-48)44-19-6-2-7-20-44/h1-40H. The molecule has 15 rings (SSSR count). The highest BCUT2D eigenvalue weighted by Gasteiger charge is 2.46. The minimum atomic E-state index is -0.258. The molecule has 11 aromatic carbocycles. The molecule has 340 valence electrons. The number of hydrogen-bond donors (Lipinski definition) is 0. The molecule has 0 fully saturated rings. The Morgan fingerprint density at radius 2 is 0.784 bits per heavy atom. The summed E-state index contributed by atoms with van der Waals surface area (Å²) in [5, 5.41) is 28.5. The van der Waals surface area contributed by atoms with Crippen LogP contribution in [0.3, 0.4) is 0 Å². The Balaban J connectivity index is 1.08. The lowest BCUT2D eigenvalue weighted by Crippen LogP contribution is -2.61. The molecule has 0 bridgehead atoms. The van der Waals surface area contributed by atoms with E-state index in [1.165, 1.54) is 0 Å². The highest BCUT2D eigenvalue weighted by molar-refractivity contribution is 7.00. The lowest BCUT2D eigenvalue weighted by atomic mass is 9.33. The van der Waals surface area contributed by atoms with Crippen molar-refractivity contribution in [3.8, 4) is 68.0 Å². The monoisotopic (exact) mass is 937 g/mol. The van der Waals surface area contributed by atoms with Crippen LogP contribution in [0.25, 0.3) is 99.5 Å². The fourth-order valence-electron chi connectivity index (χ4n) is 12.4. The van der Waals surface area contributed by atoms with Crippen molar-refractivity contribution in [1.29, 1.82) is 10.5 Å². The number of rotatable bonds is 6. The highest BCUT2D eigenvalue weighted by Crippen LogP contribution is 2.48. The molecule has 0 atom stereocenters. The van der Waals surface area contributed by atoms with Crippen LogP contribution in [0.15, 0.2) is 243 Å². The average Bonchev–Trinajstić information content (AvgIpc) is 4.11. The minimum Gasteiger partial charge on any atom is -0.310 e. The smallest absolute Gasteiger partial charge is 0.252 e. The Labute approximate surface area is 428 Å². The molecule has 0 saturated heterocycles. The first-order valence-electron chi connectivity index (χ1n) is 25.1. The number of fused-ring (bicyclic) bond motifs is 10. The zero-order chi connectivity index (χ0) is 49.0. The Morgan fingerprint density at radius 3 is 1.41 bits per heavy atom. The number of nitrogens with zero attached hydrogens (tertiary/aromatic N) is 5. The number of aromatic nitrogens is 2. The first-order valence-corrected chi connectivity index (χ1v) is 25.1. The van der Waals surface area contributed by atoms with E-state index in [4.69, 9.17) is 0 Å². The molecule has 2 aliphatic rings. The molecular weight excluding hydrogens is 898 g/mol. The molecule has 2 aromatic heterocycles. The maximum atomic E-state index is 12.1. The summed E-state index contributed by atoms with van der Waals surface area (Å²) in [5.74, 6) is 0. The quantitative estimate of drug-likeness (QED) is 0.156. The maximum absolute atomic E-state index is 12.1. The molecule has 0 unspecified atom stereocenters. The van der Waals surface area contributed by atoms with E-state index in [9.17, 15) is 10.5 Å². The summed E-state index contributed by atoms with van der Waals surface area (Å²) < 4.78 is 4.55.